The first-order valence-corrected chi connectivity index (χ1v) is 6.89. The van der Waals surface area contributed by atoms with Crippen LogP contribution in [-0.2, 0) is 16.0 Å². The molecular formula is C15H18N2O3. The van der Waals surface area contributed by atoms with Crippen molar-refractivity contribution in [3.63, 3.8) is 0 Å². The average molecular weight is 274 g/mol. The van der Waals surface area contributed by atoms with Crippen molar-refractivity contribution in [3.05, 3.63) is 36.1 Å². The van der Waals surface area contributed by atoms with Crippen LogP contribution in [0.15, 0.2) is 34.7 Å². The fourth-order valence-corrected chi connectivity index (χ4v) is 2.33. The molecule has 0 radical (unpaired) electrons. The third kappa shape index (κ3) is 3.00. The summed E-state index contributed by atoms with van der Waals surface area (Å²) in [6.07, 6.45) is 0.688. The molecule has 2 heterocycles. The van der Waals surface area contributed by atoms with E-state index >= 15 is 0 Å². The Kier molecular flexibility index (Phi) is 3.99. The number of carbonyl (C=O) groups excluding carboxylic acids is 1. The molecule has 1 aliphatic rings. The van der Waals surface area contributed by atoms with Crippen LogP contribution in [0.3, 0.4) is 0 Å². The molecule has 1 saturated heterocycles. The maximum atomic E-state index is 11.9. The highest BCUT2D eigenvalue weighted by Gasteiger charge is 2.20. The highest BCUT2D eigenvalue weighted by atomic mass is 16.5. The molecule has 106 valence electrons. The lowest BCUT2D eigenvalue weighted by atomic mass is 10.2. The van der Waals surface area contributed by atoms with E-state index in [2.05, 4.69) is 10.6 Å². The van der Waals surface area contributed by atoms with Gasteiger partial charge in [0.25, 0.3) is 0 Å². The van der Waals surface area contributed by atoms with Gasteiger partial charge in [-0.1, -0.05) is 18.2 Å². The van der Waals surface area contributed by atoms with Gasteiger partial charge in [-0.3, -0.25) is 4.79 Å². The molecule has 1 atom stereocenters. The summed E-state index contributed by atoms with van der Waals surface area (Å²) in [6.45, 7) is 2.40. The number of para-hydroxylation sites is 1. The van der Waals surface area contributed by atoms with Gasteiger partial charge in [-0.2, -0.15) is 0 Å². The van der Waals surface area contributed by atoms with E-state index in [0.717, 1.165) is 23.3 Å². The third-order valence-corrected chi connectivity index (χ3v) is 3.39. The van der Waals surface area contributed by atoms with Gasteiger partial charge in [-0.15, -0.1) is 0 Å². The van der Waals surface area contributed by atoms with Crippen molar-refractivity contribution < 1.29 is 13.9 Å². The van der Waals surface area contributed by atoms with Crippen LogP contribution < -0.4 is 10.6 Å². The van der Waals surface area contributed by atoms with Crippen molar-refractivity contribution in [2.24, 2.45) is 0 Å². The molecule has 0 aliphatic carbocycles. The Hall–Kier alpha value is -1.85. The summed E-state index contributed by atoms with van der Waals surface area (Å²) in [7, 11) is 0. The maximum Gasteiger partial charge on any atom is 0.239 e. The van der Waals surface area contributed by atoms with E-state index in [0.29, 0.717) is 26.2 Å². The summed E-state index contributed by atoms with van der Waals surface area (Å²) in [5.74, 6) is 0.875. The second-order valence-corrected chi connectivity index (χ2v) is 4.87. The number of furan rings is 1. The van der Waals surface area contributed by atoms with Crippen molar-refractivity contribution >= 4 is 16.9 Å². The highest BCUT2D eigenvalue weighted by Crippen LogP contribution is 2.18. The van der Waals surface area contributed by atoms with Crippen molar-refractivity contribution in [1.82, 2.24) is 10.6 Å². The Morgan fingerprint density at radius 3 is 3.10 bits per heavy atom. The van der Waals surface area contributed by atoms with Gasteiger partial charge < -0.3 is 19.8 Å². The van der Waals surface area contributed by atoms with Gasteiger partial charge in [-0.05, 0) is 12.1 Å². The smallest absolute Gasteiger partial charge is 0.239 e. The Balaban J connectivity index is 1.50. The predicted molar refractivity (Wildman–Crippen MR) is 75.5 cm³/mol. The second-order valence-electron chi connectivity index (χ2n) is 4.87. The first kappa shape index (κ1) is 13.1. The summed E-state index contributed by atoms with van der Waals surface area (Å²) in [5.41, 5.74) is 0.885. The van der Waals surface area contributed by atoms with Crippen molar-refractivity contribution in [3.8, 4) is 0 Å². The molecule has 20 heavy (non-hydrogen) atoms. The van der Waals surface area contributed by atoms with Gasteiger partial charge in [0.1, 0.15) is 17.4 Å². The first-order valence-electron chi connectivity index (χ1n) is 6.89. The zero-order chi connectivity index (χ0) is 13.8. The Bertz CT molecular complexity index is 555. The molecular weight excluding hydrogens is 256 g/mol. The van der Waals surface area contributed by atoms with Gasteiger partial charge in [-0.25, -0.2) is 0 Å². The summed E-state index contributed by atoms with van der Waals surface area (Å²) >= 11 is 0. The van der Waals surface area contributed by atoms with Crippen LogP contribution in [0.4, 0.5) is 0 Å². The molecule has 0 saturated carbocycles. The Morgan fingerprint density at radius 2 is 2.30 bits per heavy atom. The van der Waals surface area contributed by atoms with Crippen LogP contribution in [0.1, 0.15) is 5.76 Å². The van der Waals surface area contributed by atoms with E-state index in [1.807, 2.05) is 30.3 Å². The second kappa shape index (κ2) is 6.07. The number of morpholine rings is 1. The SMILES string of the molecule is O=C(NCCc1cc2ccccc2o1)C1COCCN1. The standard InChI is InChI=1S/C15H18N2O3/c18-15(13-10-19-8-7-16-13)17-6-5-12-9-11-3-1-2-4-14(11)20-12/h1-4,9,13,16H,5-8,10H2,(H,17,18). The number of rotatable bonds is 4. The number of hydrogen-bond donors (Lipinski definition) is 2. The van der Waals surface area contributed by atoms with Gasteiger partial charge in [0.15, 0.2) is 0 Å². The molecule has 1 aliphatic heterocycles. The van der Waals surface area contributed by atoms with Crippen LogP contribution in [0, 0.1) is 0 Å². The molecule has 3 rings (SSSR count). The normalized spacial score (nSPS) is 19.1. The lowest BCUT2D eigenvalue weighted by Gasteiger charge is -2.22. The number of nitrogens with one attached hydrogen (secondary N) is 2. The molecule has 5 nitrogen and oxygen atoms in total. The summed E-state index contributed by atoms with van der Waals surface area (Å²) in [6, 6.07) is 9.68. The van der Waals surface area contributed by atoms with Crippen molar-refractivity contribution in [2.75, 3.05) is 26.3 Å². The van der Waals surface area contributed by atoms with Gasteiger partial charge >= 0.3 is 0 Å². The molecule has 1 aromatic heterocycles. The summed E-state index contributed by atoms with van der Waals surface area (Å²) in [5, 5.41) is 7.13. The predicted octanol–water partition coefficient (Wildman–Crippen LogP) is 1.08. The summed E-state index contributed by atoms with van der Waals surface area (Å²) < 4.78 is 11.0. The number of ether oxygens (including phenoxy) is 1. The number of fused-ring (bicyclic) bond motifs is 1. The van der Waals surface area contributed by atoms with E-state index in [1.54, 1.807) is 0 Å². The van der Waals surface area contributed by atoms with Crippen molar-refractivity contribution in [1.29, 1.82) is 0 Å². The van der Waals surface area contributed by atoms with Crippen LogP contribution >= 0.6 is 0 Å². The number of carbonyl (C=O) groups is 1. The molecule has 2 N–H and O–H groups in total. The third-order valence-electron chi connectivity index (χ3n) is 3.39. The number of amides is 1. The number of benzene rings is 1. The first-order chi connectivity index (χ1) is 9.83. The topological polar surface area (TPSA) is 63.5 Å². The molecule has 2 aromatic rings. The molecule has 1 amide bonds. The molecule has 1 fully saturated rings. The zero-order valence-corrected chi connectivity index (χ0v) is 11.2. The van der Waals surface area contributed by atoms with E-state index in [-0.39, 0.29) is 11.9 Å². The lowest BCUT2D eigenvalue weighted by molar-refractivity contribution is -0.125. The fraction of sp³-hybridized carbons (Fsp3) is 0.400. The largest absolute Gasteiger partial charge is 0.461 e. The van der Waals surface area contributed by atoms with Crippen LogP contribution in [0.2, 0.25) is 0 Å². The van der Waals surface area contributed by atoms with E-state index in [4.69, 9.17) is 9.15 Å². The molecule has 0 bridgehead atoms. The molecule has 0 spiro atoms. The van der Waals surface area contributed by atoms with Crippen LogP contribution in [0.5, 0.6) is 0 Å². The monoisotopic (exact) mass is 274 g/mol. The minimum atomic E-state index is -0.237. The summed E-state index contributed by atoms with van der Waals surface area (Å²) in [4.78, 5) is 11.9. The minimum absolute atomic E-state index is 0.0131. The lowest BCUT2D eigenvalue weighted by Crippen LogP contribution is -2.51. The average Bonchev–Trinajstić information content (AvgIpc) is 2.90. The maximum absolute atomic E-state index is 11.9. The molecule has 1 aromatic carbocycles. The van der Waals surface area contributed by atoms with E-state index in [9.17, 15) is 4.79 Å². The fourth-order valence-electron chi connectivity index (χ4n) is 2.33. The van der Waals surface area contributed by atoms with Gasteiger partial charge in [0.2, 0.25) is 5.91 Å². The van der Waals surface area contributed by atoms with Gasteiger partial charge in [0.05, 0.1) is 13.2 Å². The minimum Gasteiger partial charge on any atom is -0.461 e. The van der Waals surface area contributed by atoms with Crippen molar-refractivity contribution in [2.45, 2.75) is 12.5 Å². The quantitative estimate of drug-likeness (QED) is 0.875. The van der Waals surface area contributed by atoms with Crippen LogP contribution in [-0.4, -0.2) is 38.3 Å². The zero-order valence-electron chi connectivity index (χ0n) is 11.2. The molecule has 5 heteroatoms. The molecule has 1 unspecified atom stereocenters. The Labute approximate surface area is 117 Å². The van der Waals surface area contributed by atoms with E-state index in [1.165, 1.54) is 0 Å². The van der Waals surface area contributed by atoms with E-state index < -0.39 is 0 Å². The van der Waals surface area contributed by atoms with Crippen LogP contribution in [0.25, 0.3) is 11.0 Å². The Morgan fingerprint density at radius 1 is 1.40 bits per heavy atom. The number of hydrogen-bond acceptors (Lipinski definition) is 4. The highest BCUT2D eigenvalue weighted by molar-refractivity contribution is 5.82. The van der Waals surface area contributed by atoms with Gasteiger partial charge in [0, 0.05) is 24.9 Å².